The zero-order valence-corrected chi connectivity index (χ0v) is 12.5. The largest absolute Gasteiger partial charge is 0.416 e. The second kappa shape index (κ2) is 6.14. The molecule has 0 saturated carbocycles. The Labute approximate surface area is 118 Å². The van der Waals surface area contributed by atoms with Gasteiger partial charge in [0.2, 0.25) is 0 Å². The smallest absolute Gasteiger partial charge is 0.330 e. The van der Waals surface area contributed by atoms with Crippen LogP contribution in [0.1, 0.15) is 37.9 Å². The molecule has 0 bridgehead atoms. The first kappa shape index (κ1) is 17.0. The Morgan fingerprint density at radius 1 is 1.20 bits per heavy atom. The maximum atomic E-state index is 13.0. The SMILES string of the molecule is CC(c1ccccc1C(F)(F)F)N(C)CC(C)(C)CN. The molecule has 0 spiro atoms. The Morgan fingerprint density at radius 3 is 2.25 bits per heavy atom. The third-order valence-electron chi connectivity index (χ3n) is 3.61. The minimum Gasteiger partial charge on any atom is -0.330 e. The van der Waals surface area contributed by atoms with Gasteiger partial charge in [0.1, 0.15) is 0 Å². The van der Waals surface area contributed by atoms with Crippen LogP contribution in [-0.4, -0.2) is 25.0 Å². The Hall–Kier alpha value is -1.07. The van der Waals surface area contributed by atoms with Crippen LogP contribution >= 0.6 is 0 Å². The summed E-state index contributed by atoms with van der Waals surface area (Å²) in [5.74, 6) is 0. The molecule has 1 atom stereocenters. The summed E-state index contributed by atoms with van der Waals surface area (Å²) in [4.78, 5) is 1.91. The topological polar surface area (TPSA) is 29.3 Å². The summed E-state index contributed by atoms with van der Waals surface area (Å²) in [6.45, 7) is 6.93. The van der Waals surface area contributed by atoms with Gasteiger partial charge in [0.15, 0.2) is 0 Å². The Balaban J connectivity index is 3.01. The number of halogens is 3. The van der Waals surface area contributed by atoms with E-state index >= 15 is 0 Å². The molecular formula is C15H23F3N2. The number of hydrogen-bond acceptors (Lipinski definition) is 2. The van der Waals surface area contributed by atoms with Crippen molar-refractivity contribution in [2.75, 3.05) is 20.1 Å². The Morgan fingerprint density at radius 2 is 1.75 bits per heavy atom. The number of nitrogens with zero attached hydrogens (tertiary/aromatic N) is 1. The third kappa shape index (κ3) is 4.21. The summed E-state index contributed by atoms with van der Waals surface area (Å²) in [6.07, 6.45) is -4.32. The highest BCUT2D eigenvalue weighted by molar-refractivity contribution is 5.32. The molecule has 2 nitrogen and oxygen atoms in total. The van der Waals surface area contributed by atoms with E-state index in [0.717, 1.165) is 6.07 Å². The van der Waals surface area contributed by atoms with Gasteiger partial charge in [0.05, 0.1) is 5.56 Å². The zero-order chi connectivity index (χ0) is 15.6. The standard InChI is InChI=1S/C15H23F3N2/c1-11(20(4)10-14(2,3)9-19)12-7-5-6-8-13(12)15(16,17)18/h5-8,11H,9-10,19H2,1-4H3. The van der Waals surface area contributed by atoms with Crippen molar-refractivity contribution in [3.05, 3.63) is 35.4 Å². The molecule has 1 aromatic carbocycles. The average Bonchev–Trinajstić information content (AvgIpc) is 2.36. The lowest BCUT2D eigenvalue weighted by Gasteiger charge is -2.34. The van der Waals surface area contributed by atoms with Gasteiger partial charge in [-0.2, -0.15) is 13.2 Å². The monoisotopic (exact) mass is 288 g/mol. The molecule has 1 aromatic rings. The first-order valence-corrected chi connectivity index (χ1v) is 6.65. The molecule has 1 unspecified atom stereocenters. The van der Waals surface area contributed by atoms with Crippen molar-refractivity contribution in [3.8, 4) is 0 Å². The predicted octanol–water partition coefficient (Wildman–Crippen LogP) is 3.68. The molecule has 0 amide bonds. The maximum absolute atomic E-state index is 13.0. The van der Waals surface area contributed by atoms with E-state index in [4.69, 9.17) is 5.73 Å². The highest BCUT2D eigenvalue weighted by Crippen LogP contribution is 2.36. The molecule has 0 radical (unpaired) electrons. The second-order valence-electron chi connectivity index (χ2n) is 6.04. The molecule has 20 heavy (non-hydrogen) atoms. The maximum Gasteiger partial charge on any atom is 0.416 e. The zero-order valence-electron chi connectivity index (χ0n) is 12.5. The number of rotatable bonds is 5. The van der Waals surface area contributed by atoms with Gasteiger partial charge in [0, 0.05) is 12.6 Å². The van der Waals surface area contributed by atoms with Crippen LogP contribution in [0.2, 0.25) is 0 Å². The van der Waals surface area contributed by atoms with Gasteiger partial charge in [-0.15, -0.1) is 0 Å². The molecule has 0 aliphatic carbocycles. The minimum absolute atomic E-state index is 0.129. The number of alkyl halides is 3. The van der Waals surface area contributed by atoms with E-state index < -0.39 is 11.7 Å². The molecule has 2 N–H and O–H groups in total. The van der Waals surface area contributed by atoms with Gasteiger partial charge in [-0.3, -0.25) is 4.90 Å². The van der Waals surface area contributed by atoms with Gasteiger partial charge in [-0.25, -0.2) is 0 Å². The van der Waals surface area contributed by atoms with Crippen LogP contribution in [-0.2, 0) is 6.18 Å². The summed E-state index contributed by atoms with van der Waals surface area (Å²) >= 11 is 0. The van der Waals surface area contributed by atoms with E-state index in [1.54, 1.807) is 19.1 Å². The summed E-state index contributed by atoms with van der Waals surface area (Å²) in [5, 5.41) is 0. The molecule has 1 rings (SSSR count). The molecule has 0 heterocycles. The lowest BCUT2D eigenvalue weighted by Crippen LogP contribution is -2.38. The van der Waals surface area contributed by atoms with Crippen LogP contribution < -0.4 is 5.73 Å². The predicted molar refractivity (Wildman–Crippen MR) is 75.3 cm³/mol. The number of nitrogens with two attached hydrogens (primary N) is 1. The van der Waals surface area contributed by atoms with E-state index in [9.17, 15) is 13.2 Å². The Bertz CT molecular complexity index is 441. The van der Waals surface area contributed by atoms with Crippen molar-refractivity contribution in [2.24, 2.45) is 11.1 Å². The number of hydrogen-bond donors (Lipinski definition) is 1. The van der Waals surface area contributed by atoms with Gasteiger partial charge >= 0.3 is 6.18 Å². The molecule has 5 heteroatoms. The molecule has 114 valence electrons. The van der Waals surface area contributed by atoms with Crippen LogP contribution in [0.4, 0.5) is 13.2 Å². The van der Waals surface area contributed by atoms with Gasteiger partial charge in [0.25, 0.3) is 0 Å². The molecule has 0 aliphatic rings. The minimum atomic E-state index is -4.32. The van der Waals surface area contributed by atoms with E-state index in [0.29, 0.717) is 18.7 Å². The van der Waals surface area contributed by atoms with Crippen molar-refractivity contribution < 1.29 is 13.2 Å². The van der Waals surface area contributed by atoms with Crippen LogP contribution in [0, 0.1) is 5.41 Å². The van der Waals surface area contributed by atoms with E-state index in [1.165, 1.54) is 6.07 Å². The fourth-order valence-electron chi connectivity index (χ4n) is 2.23. The summed E-state index contributed by atoms with van der Waals surface area (Å²) in [6, 6.07) is 5.41. The van der Waals surface area contributed by atoms with Crippen molar-refractivity contribution in [2.45, 2.75) is 33.0 Å². The average molecular weight is 288 g/mol. The van der Waals surface area contributed by atoms with Crippen molar-refractivity contribution >= 4 is 0 Å². The van der Waals surface area contributed by atoms with Crippen LogP contribution in [0.3, 0.4) is 0 Å². The van der Waals surface area contributed by atoms with E-state index in [1.807, 2.05) is 25.8 Å². The Kier molecular flexibility index (Phi) is 5.21. The highest BCUT2D eigenvalue weighted by atomic mass is 19.4. The van der Waals surface area contributed by atoms with Crippen LogP contribution in [0.15, 0.2) is 24.3 Å². The molecule has 0 fully saturated rings. The molecule has 0 aromatic heterocycles. The molecule has 0 saturated heterocycles. The lowest BCUT2D eigenvalue weighted by molar-refractivity contribution is -0.138. The first-order valence-electron chi connectivity index (χ1n) is 6.65. The van der Waals surface area contributed by atoms with E-state index in [2.05, 4.69) is 0 Å². The fourth-order valence-corrected chi connectivity index (χ4v) is 2.23. The number of benzene rings is 1. The quantitative estimate of drug-likeness (QED) is 0.895. The van der Waals surface area contributed by atoms with Crippen molar-refractivity contribution in [3.63, 3.8) is 0 Å². The second-order valence-corrected chi connectivity index (χ2v) is 6.04. The van der Waals surface area contributed by atoms with Gasteiger partial charge in [-0.05, 0) is 37.6 Å². The normalized spacial score (nSPS) is 14.7. The lowest BCUT2D eigenvalue weighted by atomic mass is 9.91. The van der Waals surface area contributed by atoms with Crippen LogP contribution in [0.25, 0.3) is 0 Å². The third-order valence-corrected chi connectivity index (χ3v) is 3.61. The first-order chi connectivity index (χ1) is 9.08. The fraction of sp³-hybridized carbons (Fsp3) is 0.600. The molecule has 0 aliphatic heterocycles. The van der Waals surface area contributed by atoms with Crippen molar-refractivity contribution in [1.82, 2.24) is 4.90 Å². The van der Waals surface area contributed by atoms with Crippen molar-refractivity contribution in [1.29, 1.82) is 0 Å². The van der Waals surface area contributed by atoms with Crippen LogP contribution in [0.5, 0.6) is 0 Å². The summed E-state index contributed by atoms with van der Waals surface area (Å²) in [5.41, 5.74) is 5.29. The van der Waals surface area contributed by atoms with Gasteiger partial charge < -0.3 is 5.73 Å². The molecular weight excluding hydrogens is 265 g/mol. The summed E-state index contributed by atoms with van der Waals surface area (Å²) in [7, 11) is 1.83. The summed E-state index contributed by atoms with van der Waals surface area (Å²) < 4.78 is 39.1. The van der Waals surface area contributed by atoms with Gasteiger partial charge in [-0.1, -0.05) is 32.0 Å². The highest BCUT2D eigenvalue weighted by Gasteiger charge is 2.35. The van der Waals surface area contributed by atoms with E-state index in [-0.39, 0.29) is 11.5 Å².